The first-order chi connectivity index (χ1) is 7.40. The van der Waals surface area contributed by atoms with Crippen molar-refractivity contribution >= 4 is 11.9 Å². The van der Waals surface area contributed by atoms with Crippen LogP contribution in [0.25, 0.3) is 0 Å². The van der Waals surface area contributed by atoms with Crippen LogP contribution in [0, 0.1) is 11.6 Å². The van der Waals surface area contributed by atoms with Crippen molar-refractivity contribution in [2.75, 3.05) is 0 Å². The number of hydrogen-bond acceptors (Lipinski definition) is 2. The van der Waals surface area contributed by atoms with Crippen LogP contribution in [0.15, 0.2) is 12.1 Å². The Morgan fingerprint density at radius 3 is 1.50 bits per heavy atom. The Balaban J connectivity index is 3.06. The number of aliphatic carboxylic acids is 2. The van der Waals surface area contributed by atoms with Crippen LogP contribution in [0.5, 0.6) is 0 Å². The number of halogens is 2. The summed E-state index contributed by atoms with van der Waals surface area (Å²) < 4.78 is 26.4. The lowest BCUT2D eigenvalue weighted by atomic mass is 10.1. The maximum absolute atomic E-state index is 13.2. The van der Waals surface area contributed by atoms with Gasteiger partial charge in [0.2, 0.25) is 0 Å². The van der Waals surface area contributed by atoms with Crippen molar-refractivity contribution in [3.8, 4) is 0 Å². The molecule has 86 valence electrons. The van der Waals surface area contributed by atoms with Crippen LogP contribution in [0.2, 0.25) is 0 Å². The number of carboxylic acid groups (broad SMARTS) is 2. The highest BCUT2D eigenvalue weighted by molar-refractivity contribution is 5.71. The van der Waals surface area contributed by atoms with E-state index in [1.54, 1.807) is 0 Å². The predicted molar refractivity (Wildman–Crippen MR) is 49.0 cm³/mol. The number of rotatable bonds is 4. The van der Waals surface area contributed by atoms with E-state index >= 15 is 0 Å². The molecular formula is C10H8F2O4. The van der Waals surface area contributed by atoms with Crippen LogP contribution in [0.1, 0.15) is 11.1 Å². The molecule has 0 bridgehead atoms. The molecular weight excluding hydrogens is 222 g/mol. The van der Waals surface area contributed by atoms with Crippen molar-refractivity contribution < 1.29 is 28.6 Å². The normalized spacial score (nSPS) is 10.1. The standard InChI is InChI=1S/C10H8F2O4/c11-7-1-5(3-9(13)14)8(12)2-6(7)4-10(15)16/h1-2H,3-4H2,(H,13,14)(H,15,16). The third-order valence-corrected chi connectivity index (χ3v) is 1.90. The van der Waals surface area contributed by atoms with E-state index < -0.39 is 36.4 Å². The SMILES string of the molecule is O=C(O)Cc1cc(F)c(CC(=O)O)cc1F. The van der Waals surface area contributed by atoms with Crippen molar-refractivity contribution in [3.05, 3.63) is 34.9 Å². The first kappa shape index (κ1) is 12.1. The third kappa shape index (κ3) is 3.01. The smallest absolute Gasteiger partial charge is 0.307 e. The molecule has 0 atom stereocenters. The summed E-state index contributed by atoms with van der Waals surface area (Å²) in [5.74, 6) is -4.41. The number of benzene rings is 1. The third-order valence-electron chi connectivity index (χ3n) is 1.90. The van der Waals surface area contributed by atoms with Gasteiger partial charge in [0.05, 0.1) is 12.8 Å². The largest absolute Gasteiger partial charge is 0.481 e. The molecule has 0 aliphatic heterocycles. The Hall–Kier alpha value is -1.98. The summed E-state index contributed by atoms with van der Waals surface area (Å²) in [5.41, 5.74) is -0.613. The Kier molecular flexibility index (Phi) is 3.55. The van der Waals surface area contributed by atoms with Crippen LogP contribution in [-0.2, 0) is 22.4 Å². The summed E-state index contributed by atoms with van der Waals surface area (Å²) in [6.07, 6.45) is -1.29. The molecule has 0 saturated heterocycles. The van der Waals surface area contributed by atoms with Crippen molar-refractivity contribution in [1.82, 2.24) is 0 Å². The van der Waals surface area contributed by atoms with Crippen LogP contribution >= 0.6 is 0 Å². The zero-order chi connectivity index (χ0) is 12.3. The second kappa shape index (κ2) is 4.69. The van der Waals surface area contributed by atoms with E-state index in [1.807, 2.05) is 0 Å². The van der Waals surface area contributed by atoms with Gasteiger partial charge in [-0.25, -0.2) is 8.78 Å². The van der Waals surface area contributed by atoms with Crippen LogP contribution < -0.4 is 0 Å². The van der Waals surface area contributed by atoms with Gasteiger partial charge >= 0.3 is 11.9 Å². The van der Waals surface area contributed by atoms with Gasteiger partial charge in [-0.05, 0) is 12.1 Å². The van der Waals surface area contributed by atoms with Gasteiger partial charge in [-0.2, -0.15) is 0 Å². The molecule has 0 amide bonds. The Bertz CT molecular complexity index is 401. The fourth-order valence-corrected chi connectivity index (χ4v) is 1.23. The van der Waals surface area contributed by atoms with Gasteiger partial charge in [0.1, 0.15) is 11.6 Å². The minimum absolute atomic E-state index is 0.306. The van der Waals surface area contributed by atoms with E-state index in [2.05, 4.69) is 0 Å². The summed E-state index contributed by atoms with van der Waals surface area (Å²) in [6.45, 7) is 0. The molecule has 0 heterocycles. The number of carboxylic acids is 2. The van der Waals surface area contributed by atoms with Crippen molar-refractivity contribution in [2.45, 2.75) is 12.8 Å². The molecule has 4 nitrogen and oxygen atoms in total. The minimum Gasteiger partial charge on any atom is -0.481 e. The molecule has 0 spiro atoms. The van der Waals surface area contributed by atoms with E-state index in [-0.39, 0.29) is 11.1 Å². The Morgan fingerprint density at radius 2 is 1.25 bits per heavy atom. The molecule has 6 heteroatoms. The summed E-state index contributed by atoms with van der Waals surface area (Å²) in [5, 5.41) is 16.8. The van der Waals surface area contributed by atoms with E-state index in [0.29, 0.717) is 12.1 Å². The molecule has 0 aliphatic rings. The van der Waals surface area contributed by atoms with E-state index in [1.165, 1.54) is 0 Å². The highest BCUT2D eigenvalue weighted by atomic mass is 19.1. The molecule has 0 aliphatic carbocycles. The van der Waals surface area contributed by atoms with Gasteiger partial charge in [-0.1, -0.05) is 0 Å². The van der Waals surface area contributed by atoms with Gasteiger partial charge in [0, 0.05) is 11.1 Å². The van der Waals surface area contributed by atoms with Crippen LogP contribution in [0.3, 0.4) is 0 Å². The molecule has 1 rings (SSSR count). The summed E-state index contributed by atoms with van der Waals surface area (Å²) >= 11 is 0. The zero-order valence-electron chi connectivity index (χ0n) is 8.04. The lowest BCUT2D eigenvalue weighted by molar-refractivity contribution is -0.137. The lowest BCUT2D eigenvalue weighted by Gasteiger charge is -2.04. The monoisotopic (exact) mass is 230 g/mol. The van der Waals surface area contributed by atoms with Crippen LogP contribution in [0.4, 0.5) is 8.78 Å². The van der Waals surface area contributed by atoms with Crippen molar-refractivity contribution in [1.29, 1.82) is 0 Å². The first-order valence-corrected chi connectivity index (χ1v) is 4.30. The lowest BCUT2D eigenvalue weighted by Crippen LogP contribution is -2.07. The van der Waals surface area contributed by atoms with E-state index in [4.69, 9.17) is 10.2 Å². The first-order valence-electron chi connectivity index (χ1n) is 4.30. The molecule has 16 heavy (non-hydrogen) atoms. The zero-order valence-corrected chi connectivity index (χ0v) is 8.04. The summed E-state index contributed by atoms with van der Waals surface area (Å²) in [6, 6.07) is 1.42. The van der Waals surface area contributed by atoms with Gasteiger partial charge in [0.15, 0.2) is 0 Å². The Labute approximate surface area is 89.1 Å². The van der Waals surface area contributed by atoms with E-state index in [9.17, 15) is 18.4 Å². The Morgan fingerprint density at radius 1 is 0.938 bits per heavy atom. The van der Waals surface area contributed by atoms with Crippen molar-refractivity contribution in [2.24, 2.45) is 0 Å². The molecule has 0 radical (unpaired) electrons. The van der Waals surface area contributed by atoms with Crippen molar-refractivity contribution in [3.63, 3.8) is 0 Å². The predicted octanol–water partition coefficient (Wildman–Crippen LogP) is 1.22. The second-order valence-corrected chi connectivity index (χ2v) is 3.18. The minimum atomic E-state index is -1.29. The fourth-order valence-electron chi connectivity index (χ4n) is 1.23. The van der Waals surface area contributed by atoms with E-state index in [0.717, 1.165) is 0 Å². The van der Waals surface area contributed by atoms with Gasteiger partial charge in [-0.3, -0.25) is 9.59 Å². The molecule has 0 saturated carbocycles. The van der Waals surface area contributed by atoms with Crippen LogP contribution in [-0.4, -0.2) is 22.2 Å². The molecule has 2 N–H and O–H groups in total. The fraction of sp³-hybridized carbons (Fsp3) is 0.200. The molecule has 1 aromatic carbocycles. The highest BCUT2D eigenvalue weighted by Gasteiger charge is 2.14. The summed E-state index contributed by atoms with van der Waals surface area (Å²) in [7, 11) is 0. The maximum atomic E-state index is 13.2. The average molecular weight is 230 g/mol. The second-order valence-electron chi connectivity index (χ2n) is 3.18. The maximum Gasteiger partial charge on any atom is 0.307 e. The average Bonchev–Trinajstić information content (AvgIpc) is 2.11. The summed E-state index contributed by atoms with van der Waals surface area (Å²) in [4.78, 5) is 20.6. The quantitative estimate of drug-likeness (QED) is 0.815. The molecule has 0 aromatic heterocycles. The molecule has 0 unspecified atom stereocenters. The van der Waals surface area contributed by atoms with Gasteiger partial charge < -0.3 is 10.2 Å². The molecule has 1 aromatic rings. The van der Waals surface area contributed by atoms with Gasteiger partial charge in [0.25, 0.3) is 0 Å². The topological polar surface area (TPSA) is 74.6 Å². The molecule has 0 fully saturated rings. The van der Waals surface area contributed by atoms with Gasteiger partial charge in [-0.15, -0.1) is 0 Å². The number of carbonyl (C=O) groups is 2. The number of hydrogen-bond donors (Lipinski definition) is 2. The highest BCUT2D eigenvalue weighted by Crippen LogP contribution is 2.16.